The second kappa shape index (κ2) is 5.65. The number of benzene rings is 1. The Bertz CT molecular complexity index is 364. The molecule has 0 radical (unpaired) electrons. The fourth-order valence-corrected chi connectivity index (χ4v) is 2.54. The fraction of sp³-hybridized carbons (Fsp3) is 0.600. The third kappa shape index (κ3) is 3.55. The van der Waals surface area contributed by atoms with E-state index in [9.17, 15) is 0 Å². The highest BCUT2D eigenvalue weighted by Gasteiger charge is 2.20. The lowest BCUT2D eigenvalue weighted by Crippen LogP contribution is -2.39. The quantitative estimate of drug-likeness (QED) is 0.865. The Morgan fingerprint density at radius 3 is 2.94 bits per heavy atom. The normalized spacial score (nSPS) is 26.8. The Morgan fingerprint density at radius 1 is 1.41 bits per heavy atom. The van der Waals surface area contributed by atoms with Gasteiger partial charge < -0.3 is 10.1 Å². The van der Waals surface area contributed by atoms with E-state index in [4.69, 9.17) is 4.74 Å². The van der Waals surface area contributed by atoms with E-state index < -0.39 is 0 Å². The van der Waals surface area contributed by atoms with Gasteiger partial charge in [0.05, 0.1) is 6.10 Å². The molecule has 2 rings (SSSR count). The first-order chi connectivity index (χ1) is 8.15. The third-order valence-electron chi connectivity index (χ3n) is 3.51. The van der Waals surface area contributed by atoms with Crippen molar-refractivity contribution in [3.05, 3.63) is 35.4 Å². The molecule has 17 heavy (non-hydrogen) atoms. The van der Waals surface area contributed by atoms with Gasteiger partial charge >= 0.3 is 0 Å². The summed E-state index contributed by atoms with van der Waals surface area (Å²) in [7, 11) is 0. The van der Waals surface area contributed by atoms with Crippen LogP contribution in [0.25, 0.3) is 0 Å². The molecule has 0 saturated carbocycles. The Balaban J connectivity index is 1.94. The van der Waals surface area contributed by atoms with E-state index in [2.05, 4.69) is 50.4 Å². The molecule has 0 aromatic heterocycles. The molecule has 1 aromatic carbocycles. The highest BCUT2D eigenvalue weighted by atomic mass is 16.5. The van der Waals surface area contributed by atoms with Crippen LogP contribution in [0.2, 0.25) is 0 Å². The zero-order valence-electron chi connectivity index (χ0n) is 11.1. The first-order valence-electron chi connectivity index (χ1n) is 6.59. The highest BCUT2D eigenvalue weighted by molar-refractivity contribution is 5.24. The van der Waals surface area contributed by atoms with Crippen molar-refractivity contribution in [3.63, 3.8) is 0 Å². The SMILES string of the molecule is Cc1cccc([C@@H](C)NC2CCOC(C)C2)c1. The van der Waals surface area contributed by atoms with Gasteiger partial charge in [-0.25, -0.2) is 0 Å². The van der Waals surface area contributed by atoms with Crippen LogP contribution in [0.1, 0.15) is 43.9 Å². The van der Waals surface area contributed by atoms with Crippen LogP contribution >= 0.6 is 0 Å². The van der Waals surface area contributed by atoms with Crippen LogP contribution < -0.4 is 5.32 Å². The molecule has 0 spiro atoms. The molecule has 1 heterocycles. The fourth-order valence-electron chi connectivity index (χ4n) is 2.54. The molecule has 0 bridgehead atoms. The molecule has 3 atom stereocenters. The maximum absolute atomic E-state index is 5.57. The number of ether oxygens (including phenoxy) is 1. The second-order valence-corrected chi connectivity index (χ2v) is 5.21. The second-order valence-electron chi connectivity index (χ2n) is 5.21. The molecule has 1 saturated heterocycles. The minimum Gasteiger partial charge on any atom is -0.378 e. The molecule has 2 unspecified atom stereocenters. The molecule has 1 aliphatic rings. The maximum Gasteiger partial charge on any atom is 0.0561 e. The molecule has 1 aromatic rings. The van der Waals surface area contributed by atoms with Crippen molar-refractivity contribution in [1.29, 1.82) is 0 Å². The molecule has 2 heteroatoms. The van der Waals surface area contributed by atoms with Gasteiger partial charge in [0.1, 0.15) is 0 Å². The predicted octanol–water partition coefficient (Wildman–Crippen LogP) is 3.21. The average Bonchev–Trinajstić information content (AvgIpc) is 2.29. The van der Waals surface area contributed by atoms with Gasteiger partial charge in [0.2, 0.25) is 0 Å². The van der Waals surface area contributed by atoms with Gasteiger partial charge in [0.15, 0.2) is 0 Å². The Hall–Kier alpha value is -0.860. The van der Waals surface area contributed by atoms with Gasteiger partial charge in [-0.1, -0.05) is 29.8 Å². The molecule has 1 fully saturated rings. The van der Waals surface area contributed by atoms with Crippen molar-refractivity contribution < 1.29 is 4.74 Å². The van der Waals surface area contributed by atoms with Crippen LogP contribution in [0, 0.1) is 6.92 Å². The van der Waals surface area contributed by atoms with Crippen molar-refractivity contribution in [2.24, 2.45) is 0 Å². The van der Waals surface area contributed by atoms with Crippen molar-refractivity contribution >= 4 is 0 Å². The lowest BCUT2D eigenvalue weighted by atomic mass is 10.0. The van der Waals surface area contributed by atoms with E-state index in [1.54, 1.807) is 0 Å². The number of hydrogen-bond donors (Lipinski definition) is 1. The number of aryl methyl sites for hydroxylation is 1. The largest absolute Gasteiger partial charge is 0.378 e. The van der Waals surface area contributed by atoms with Crippen LogP contribution in [-0.2, 0) is 4.74 Å². The standard InChI is InChI=1S/C15H23NO/c1-11-5-4-6-14(9-11)13(3)16-15-7-8-17-12(2)10-15/h4-6,9,12-13,15-16H,7-8,10H2,1-3H3/t12?,13-,15?/m1/s1. The molecule has 0 amide bonds. The zero-order chi connectivity index (χ0) is 12.3. The average molecular weight is 233 g/mol. The number of rotatable bonds is 3. The van der Waals surface area contributed by atoms with E-state index in [-0.39, 0.29) is 0 Å². The van der Waals surface area contributed by atoms with E-state index in [0.29, 0.717) is 18.2 Å². The summed E-state index contributed by atoms with van der Waals surface area (Å²) in [5.74, 6) is 0. The summed E-state index contributed by atoms with van der Waals surface area (Å²) in [6.07, 6.45) is 2.64. The first-order valence-corrected chi connectivity index (χ1v) is 6.59. The van der Waals surface area contributed by atoms with E-state index in [1.807, 2.05) is 0 Å². The summed E-state index contributed by atoms with van der Waals surface area (Å²) >= 11 is 0. The Morgan fingerprint density at radius 2 is 2.24 bits per heavy atom. The molecular formula is C15H23NO. The van der Waals surface area contributed by atoms with Crippen molar-refractivity contribution in [2.75, 3.05) is 6.61 Å². The predicted molar refractivity (Wildman–Crippen MR) is 71.2 cm³/mol. The summed E-state index contributed by atoms with van der Waals surface area (Å²) < 4.78 is 5.57. The first kappa shape index (κ1) is 12.6. The van der Waals surface area contributed by atoms with Crippen LogP contribution in [0.5, 0.6) is 0 Å². The Kier molecular flexibility index (Phi) is 4.19. The molecular weight excluding hydrogens is 210 g/mol. The molecule has 1 N–H and O–H groups in total. The highest BCUT2D eigenvalue weighted by Crippen LogP contribution is 2.19. The maximum atomic E-state index is 5.57. The summed E-state index contributed by atoms with van der Waals surface area (Å²) in [4.78, 5) is 0. The minimum atomic E-state index is 0.394. The van der Waals surface area contributed by atoms with Crippen LogP contribution in [0.3, 0.4) is 0 Å². The van der Waals surface area contributed by atoms with Crippen molar-refractivity contribution in [3.8, 4) is 0 Å². The van der Waals surface area contributed by atoms with Crippen molar-refractivity contribution in [1.82, 2.24) is 5.32 Å². The van der Waals surface area contributed by atoms with Gasteiger partial charge in [-0.05, 0) is 39.2 Å². The van der Waals surface area contributed by atoms with Crippen molar-refractivity contribution in [2.45, 2.75) is 51.8 Å². The van der Waals surface area contributed by atoms with Gasteiger partial charge in [-0.2, -0.15) is 0 Å². The minimum absolute atomic E-state index is 0.394. The summed E-state index contributed by atoms with van der Waals surface area (Å²) in [5.41, 5.74) is 2.71. The van der Waals surface area contributed by atoms with E-state index >= 15 is 0 Å². The lowest BCUT2D eigenvalue weighted by Gasteiger charge is -2.30. The number of nitrogens with one attached hydrogen (secondary N) is 1. The Labute approximate surface area is 104 Å². The van der Waals surface area contributed by atoms with Crippen LogP contribution in [0.15, 0.2) is 24.3 Å². The zero-order valence-corrected chi connectivity index (χ0v) is 11.1. The molecule has 0 aliphatic carbocycles. The van der Waals surface area contributed by atoms with E-state index in [0.717, 1.165) is 19.4 Å². The summed E-state index contributed by atoms with van der Waals surface area (Å²) in [6.45, 7) is 7.44. The lowest BCUT2D eigenvalue weighted by molar-refractivity contribution is 0.0116. The van der Waals surface area contributed by atoms with Gasteiger partial charge in [-0.15, -0.1) is 0 Å². The molecule has 1 aliphatic heterocycles. The topological polar surface area (TPSA) is 21.3 Å². The van der Waals surface area contributed by atoms with E-state index in [1.165, 1.54) is 11.1 Å². The van der Waals surface area contributed by atoms with Crippen LogP contribution in [-0.4, -0.2) is 18.8 Å². The monoisotopic (exact) mass is 233 g/mol. The number of hydrogen-bond acceptors (Lipinski definition) is 2. The van der Waals surface area contributed by atoms with Gasteiger partial charge in [-0.3, -0.25) is 0 Å². The smallest absolute Gasteiger partial charge is 0.0561 e. The van der Waals surface area contributed by atoms with Crippen LogP contribution in [0.4, 0.5) is 0 Å². The van der Waals surface area contributed by atoms with Gasteiger partial charge in [0.25, 0.3) is 0 Å². The summed E-state index contributed by atoms with van der Waals surface area (Å²) in [6, 6.07) is 9.76. The molecule has 2 nitrogen and oxygen atoms in total. The molecule has 94 valence electrons. The van der Waals surface area contributed by atoms with Gasteiger partial charge in [0, 0.05) is 18.7 Å². The third-order valence-corrected chi connectivity index (χ3v) is 3.51. The summed E-state index contributed by atoms with van der Waals surface area (Å²) in [5, 5.41) is 3.71.